The molecule has 0 aromatic heterocycles. The van der Waals surface area contributed by atoms with Crippen molar-refractivity contribution in [2.75, 3.05) is 13.2 Å². The molecule has 2 aromatic rings. The van der Waals surface area contributed by atoms with Crippen LogP contribution >= 0.6 is 0 Å². The Bertz CT molecular complexity index is 1530. The number of benzene rings is 2. The van der Waals surface area contributed by atoms with Crippen LogP contribution in [0.15, 0.2) is 48.5 Å². The average Bonchev–Trinajstić information content (AvgIpc) is 3.65. The van der Waals surface area contributed by atoms with Crippen molar-refractivity contribution >= 4 is 35.6 Å². The third kappa shape index (κ3) is 8.01. The van der Waals surface area contributed by atoms with Crippen LogP contribution in [-0.2, 0) is 33.5 Å². The molecule has 0 saturated carbocycles. The third-order valence-electron chi connectivity index (χ3n) is 8.94. The van der Waals surface area contributed by atoms with Gasteiger partial charge in [0.25, 0.3) is 0 Å². The van der Waals surface area contributed by atoms with E-state index in [-0.39, 0.29) is 25.0 Å². The smallest absolute Gasteiger partial charge is 0.326 e. The molecule has 1 saturated heterocycles. The highest BCUT2D eigenvalue weighted by Crippen LogP contribution is 2.44. The summed E-state index contributed by atoms with van der Waals surface area (Å²) in [6.45, 7) is 7.92. The van der Waals surface area contributed by atoms with E-state index < -0.39 is 71.7 Å². The Morgan fingerprint density at radius 3 is 2.06 bits per heavy atom. The number of ether oxygens (including phenoxy) is 1. The number of amides is 4. The molecule has 13 heteroatoms. The summed E-state index contributed by atoms with van der Waals surface area (Å²) in [6, 6.07) is 11.7. The first kappa shape index (κ1) is 36.1. The van der Waals surface area contributed by atoms with Gasteiger partial charge in [-0.1, -0.05) is 62.4 Å². The fraction of sp³-hybridized carbons (Fsp3) is 0.486. The number of carboxylic acids is 1. The lowest BCUT2D eigenvalue weighted by atomic mass is 9.97. The van der Waals surface area contributed by atoms with Gasteiger partial charge < -0.3 is 36.4 Å². The molecule has 1 unspecified atom stereocenters. The molecule has 0 bridgehead atoms. The topological polar surface area (TPSA) is 197 Å². The predicted molar refractivity (Wildman–Crippen MR) is 176 cm³/mol. The number of esters is 1. The predicted octanol–water partition coefficient (Wildman–Crippen LogP) is 1.68. The molecular weight excluding hydrogens is 618 g/mol. The van der Waals surface area contributed by atoms with Crippen LogP contribution in [-0.4, -0.2) is 88.4 Å². The van der Waals surface area contributed by atoms with E-state index in [9.17, 15) is 33.9 Å². The summed E-state index contributed by atoms with van der Waals surface area (Å²) < 4.78 is 5.60. The first-order valence-corrected chi connectivity index (χ1v) is 16.2. The van der Waals surface area contributed by atoms with Crippen molar-refractivity contribution in [3.63, 3.8) is 0 Å². The maximum Gasteiger partial charge on any atom is 0.326 e. The SMILES string of the molecule is CC(C)[C@H](NC(=O)[C@H]1CCCN1C(=O)[C@H](C)NC(=O)[C@H](C)NC(=O)C(C)(N)CC(=O)OCC1c2ccccc2-c2ccccc21)C(=O)O. The molecule has 2 aromatic carbocycles. The molecule has 48 heavy (non-hydrogen) atoms. The van der Waals surface area contributed by atoms with E-state index in [1.54, 1.807) is 13.8 Å². The Balaban J connectivity index is 1.27. The average molecular weight is 664 g/mol. The second kappa shape index (κ2) is 15.0. The van der Waals surface area contributed by atoms with E-state index in [4.69, 9.17) is 10.5 Å². The Labute approximate surface area is 279 Å². The van der Waals surface area contributed by atoms with Crippen LogP contribution < -0.4 is 21.7 Å². The maximum atomic E-state index is 13.2. The number of carbonyl (C=O) groups excluding carboxylic acids is 5. The summed E-state index contributed by atoms with van der Waals surface area (Å²) in [7, 11) is 0. The number of carbonyl (C=O) groups is 6. The lowest BCUT2D eigenvalue weighted by molar-refractivity contribution is -0.148. The Kier molecular flexibility index (Phi) is 11.2. The van der Waals surface area contributed by atoms with Gasteiger partial charge in [-0.15, -0.1) is 0 Å². The van der Waals surface area contributed by atoms with E-state index in [2.05, 4.69) is 16.0 Å². The number of aliphatic carboxylic acids is 1. The van der Waals surface area contributed by atoms with Crippen molar-refractivity contribution in [2.24, 2.45) is 11.7 Å². The molecule has 0 radical (unpaired) electrons. The van der Waals surface area contributed by atoms with Crippen LogP contribution in [0.1, 0.15) is 70.9 Å². The van der Waals surface area contributed by atoms with Crippen molar-refractivity contribution in [1.82, 2.24) is 20.9 Å². The van der Waals surface area contributed by atoms with E-state index in [0.29, 0.717) is 12.8 Å². The first-order valence-electron chi connectivity index (χ1n) is 16.2. The highest BCUT2D eigenvalue weighted by Gasteiger charge is 2.39. The first-order chi connectivity index (χ1) is 22.6. The van der Waals surface area contributed by atoms with E-state index in [0.717, 1.165) is 22.3 Å². The number of fused-ring (bicyclic) bond motifs is 3. The van der Waals surface area contributed by atoms with Crippen LogP contribution in [0.4, 0.5) is 0 Å². The third-order valence-corrected chi connectivity index (χ3v) is 8.94. The van der Waals surface area contributed by atoms with Crippen LogP contribution in [0.2, 0.25) is 0 Å². The molecule has 6 N–H and O–H groups in total. The molecule has 1 aliphatic carbocycles. The minimum atomic E-state index is -1.70. The van der Waals surface area contributed by atoms with Gasteiger partial charge in [-0.25, -0.2) is 4.79 Å². The maximum absolute atomic E-state index is 13.2. The summed E-state index contributed by atoms with van der Waals surface area (Å²) >= 11 is 0. The van der Waals surface area contributed by atoms with Crippen molar-refractivity contribution in [3.8, 4) is 11.1 Å². The van der Waals surface area contributed by atoms with Gasteiger partial charge >= 0.3 is 11.9 Å². The Morgan fingerprint density at radius 1 is 0.917 bits per heavy atom. The quantitative estimate of drug-likeness (QED) is 0.198. The normalized spacial score (nSPS) is 18.5. The van der Waals surface area contributed by atoms with Gasteiger partial charge in [0.2, 0.25) is 23.6 Å². The Morgan fingerprint density at radius 2 is 1.50 bits per heavy atom. The summed E-state index contributed by atoms with van der Waals surface area (Å²) in [6.07, 6.45) is 0.457. The minimum Gasteiger partial charge on any atom is -0.480 e. The fourth-order valence-corrected chi connectivity index (χ4v) is 6.19. The zero-order chi connectivity index (χ0) is 35.3. The number of hydrogen-bond donors (Lipinski definition) is 5. The number of likely N-dealkylation sites (tertiary alicyclic amines) is 1. The molecule has 1 aliphatic heterocycles. The number of nitrogens with two attached hydrogens (primary N) is 1. The zero-order valence-electron chi connectivity index (χ0n) is 27.9. The van der Waals surface area contributed by atoms with E-state index in [1.165, 1.54) is 25.7 Å². The molecule has 0 spiro atoms. The summed E-state index contributed by atoms with van der Waals surface area (Å²) in [5.41, 5.74) is 8.79. The zero-order valence-corrected chi connectivity index (χ0v) is 27.9. The van der Waals surface area contributed by atoms with Gasteiger partial charge in [0, 0.05) is 12.5 Å². The van der Waals surface area contributed by atoms with Crippen LogP contribution in [0.25, 0.3) is 11.1 Å². The molecule has 4 amide bonds. The monoisotopic (exact) mass is 663 g/mol. The number of carboxylic acid groups (broad SMARTS) is 1. The second-order valence-corrected chi connectivity index (χ2v) is 13.2. The molecule has 13 nitrogen and oxygen atoms in total. The largest absolute Gasteiger partial charge is 0.480 e. The number of nitrogens with one attached hydrogen (secondary N) is 3. The molecule has 2 aliphatic rings. The lowest BCUT2D eigenvalue weighted by Crippen LogP contribution is -2.59. The van der Waals surface area contributed by atoms with Gasteiger partial charge in [-0.3, -0.25) is 24.0 Å². The van der Waals surface area contributed by atoms with E-state index >= 15 is 0 Å². The molecule has 4 rings (SSSR count). The molecule has 258 valence electrons. The fourth-order valence-electron chi connectivity index (χ4n) is 6.19. The van der Waals surface area contributed by atoms with Gasteiger partial charge in [0.05, 0.1) is 6.42 Å². The van der Waals surface area contributed by atoms with Crippen LogP contribution in [0.5, 0.6) is 0 Å². The van der Waals surface area contributed by atoms with Gasteiger partial charge in [0.15, 0.2) is 0 Å². The molecule has 1 heterocycles. The second-order valence-electron chi connectivity index (χ2n) is 13.2. The summed E-state index contributed by atoms with van der Waals surface area (Å²) in [5, 5.41) is 17.0. The highest BCUT2D eigenvalue weighted by atomic mass is 16.5. The molecular formula is C35H45N5O8. The number of nitrogens with zero attached hydrogens (tertiary/aromatic N) is 1. The van der Waals surface area contributed by atoms with Crippen LogP contribution in [0, 0.1) is 5.92 Å². The molecule has 5 atom stereocenters. The number of rotatable bonds is 13. The Hall–Kier alpha value is -4.78. The van der Waals surface area contributed by atoms with Crippen molar-refractivity contribution in [1.29, 1.82) is 0 Å². The van der Waals surface area contributed by atoms with Crippen molar-refractivity contribution in [2.45, 2.75) is 89.5 Å². The molecule has 1 fully saturated rings. The lowest BCUT2D eigenvalue weighted by Gasteiger charge is -2.29. The van der Waals surface area contributed by atoms with Crippen molar-refractivity contribution in [3.05, 3.63) is 59.7 Å². The highest BCUT2D eigenvalue weighted by molar-refractivity contribution is 5.97. The summed E-state index contributed by atoms with van der Waals surface area (Å²) in [4.78, 5) is 77.8. The van der Waals surface area contributed by atoms with Gasteiger partial charge in [-0.05, 0) is 61.8 Å². The van der Waals surface area contributed by atoms with Crippen molar-refractivity contribution < 1.29 is 38.6 Å². The van der Waals surface area contributed by atoms with Gasteiger partial charge in [0.1, 0.15) is 36.3 Å². The summed E-state index contributed by atoms with van der Waals surface area (Å²) in [5.74, 6) is -4.87. The van der Waals surface area contributed by atoms with E-state index in [1.807, 2.05) is 48.5 Å². The number of hydrogen-bond acceptors (Lipinski definition) is 8. The minimum absolute atomic E-state index is 0.0761. The standard InChI is InChI=1S/C35H45N5O8/c1-19(2)29(33(45)46)39-31(43)27-15-10-16-40(27)32(44)21(4)37-30(42)20(3)38-34(47)35(5,36)17-28(41)48-18-26-24-13-8-6-11-22(24)23-12-7-9-14-25(23)26/h6-9,11-14,19-21,26-27,29H,10,15-18,36H2,1-5H3,(H,37,42)(H,38,47)(H,39,43)(H,45,46)/t20-,21-,27+,29-,35?/m0/s1. The van der Waals surface area contributed by atoms with Gasteiger partial charge in [-0.2, -0.15) is 0 Å². The van der Waals surface area contributed by atoms with Crippen LogP contribution in [0.3, 0.4) is 0 Å².